The van der Waals surface area contributed by atoms with Crippen molar-refractivity contribution in [3.8, 4) is 0 Å². The minimum absolute atomic E-state index is 0.0811. The van der Waals surface area contributed by atoms with Gasteiger partial charge in [-0.25, -0.2) is 12.7 Å². The van der Waals surface area contributed by atoms with E-state index in [0.29, 0.717) is 26.2 Å². The molecule has 0 bridgehead atoms. The molecule has 6 nitrogen and oxygen atoms in total. The van der Waals surface area contributed by atoms with E-state index in [1.54, 1.807) is 4.31 Å². The molecule has 0 amide bonds. The molecule has 18 heavy (non-hydrogen) atoms. The zero-order valence-corrected chi connectivity index (χ0v) is 12.0. The van der Waals surface area contributed by atoms with Crippen LogP contribution in [0.2, 0.25) is 0 Å². The average Bonchev–Trinajstić information content (AvgIpc) is 2.56. The van der Waals surface area contributed by atoms with Crippen LogP contribution in [0.5, 0.6) is 0 Å². The van der Waals surface area contributed by atoms with Crippen LogP contribution in [0.15, 0.2) is 0 Å². The highest BCUT2D eigenvalue weighted by Crippen LogP contribution is 2.08. The molecule has 1 heterocycles. The summed E-state index contributed by atoms with van der Waals surface area (Å²) in [5.41, 5.74) is 5.52. The lowest BCUT2D eigenvalue weighted by atomic mass is 10.4. The van der Waals surface area contributed by atoms with Crippen molar-refractivity contribution < 1.29 is 13.2 Å². The molecular weight excluding hydrogens is 254 g/mol. The second kappa shape index (κ2) is 8.06. The number of nitrogens with zero attached hydrogens (tertiary/aromatic N) is 2. The minimum Gasteiger partial charge on any atom is -0.381 e. The normalized spacial score (nSPS) is 19.9. The molecular formula is C11H25N3O3S. The maximum atomic E-state index is 12.1. The van der Waals surface area contributed by atoms with Crippen LogP contribution in [-0.4, -0.2) is 75.9 Å². The van der Waals surface area contributed by atoms with Crippen LogP contribution in [0.25, 0.3) is 0 Å². The zero-order chi connectivity index (χ0) is 13.4. The molecule has 1 rings (SSSR count). The highest BCUT2D eigenvalue weighted by atomic mass is 32.2. The van der Waals surface area contributed by atoms with Crippen LogP contribution in [-0.2, 0) is 14.8 Å². The van der Waals surface area contributed by atoms with Gasteiger partial charge in [0.25, 0.3) is 0 Å². The molecule has 0 saturated carbocycles. The molecule has 1 saturated heterocycles. The van der Waals surface area contributed by atoms with Crippen LogP contribution in [0.3, 0.4) is 0 Å². The summed E-state index contributed by atoms with van der Waals surface area (Å²) in [5.74, 6) is 0.0811. The molecule has 0 aromatic heterocycles. The van der Waals surface area contributed by atoms with Crippen molar-refractivity contribution >= 4 is 10.0 Å². The fourth-order valence-electron chi connectivity index (χ4n) is 2.07. The largest absolute Gasteiger partial charge is 0.381 e. The Kier molecular flexibility index (Phi) is 7.10. The highest BCUT2D eigenvalue weighted by Gasteiger charge is 2.24. The van der Waals surface area contributed by atoms with Gasteiger partial charge in [-0.05, 0) is 19.9 Å². The first kappa shape index (κ1) is 15.8. The molecule has 7 heteroatoms. The Balaban J connectivity index is 2.45. The van der Waals surface area contributed by atoms with Gasteiger partial charge in [0.05, 0.1) is 12.4 Å². The third kappa shape index (κ3) is 5.19. The van der Waals surface area contributed by atoms with E-state index >= 15 is 0 Å². The molecule has 1 fully saturated rings. The summed E-state index contributed by atoms with van der Waals surface area (Å²) in [5, 5.41) is 0. The Morgan fingerprint density at radius 2 is 2.00 bits per heavy atom. The van der Waals surface area contributed by atoms with Crippen LogP contribution in [0.1, 0.15) is 13.3 Å². The predicted octanol–water partition coefficient (Wildman–Crippen LogP) is -0.681. The SMILES string of the molecule is CCOCCS(=O)(=O)N1CCCN(CCN)CC1. The molecule has 2 N–H and O–H groups in total. The maximum absolute atomic E-state index is 12.1. The zero-order valence-electron chi connectivity index (χ0n) is 11.2. The summed E-state index contributed by atoms with van der Waals surface area (Å²) in [6, 6.07) is 0. The van der Waals surface area contributed by atoms with E-state index in [1.807, 2.05) is 6.92 Å². The fourth-order valence-corrected chi connectivity index (χ4v) is 3.42. The Morgan fingerprint density at radius 1 is 1.22 bits per heavy atom. The number of nitrogens with two attached hydrogens (primary N) is 1. The molecule has 1 aliphatic rings. The molecule has 0 unspecified atom stereocenters. The van der Waals surface area contributed by atoms with E-state index in [0.717, 1.165) is 26.1 Å². The summed E-state index contributed by atoms with van der Waals surface area (Å²) in [7, 11) is -3.17. The molecule has 0 aromatic rings. The maximum Gasteiger partial charge on any atom is 0.216 e. The van der Waals surface area contributed by atoms with E-state index in [-0.39, 0.29) is 12.4 Å². The number of ether oxygens (including phenoxy) is 1. The first-order valence-corrected chi connectivity index (χ1v) is 8.19. The smallest absolute Gasteiger partial charge is 0.216 e. The van der Waals surface area contributed by atoms with Gasteiger partial charge in [0, 0.05) is 39.3 Å². The second-order valence-electron chi connectivity index (χ2n) is 4.40. The molecule has 108 valence electrons. The molecule has 0 aromatic carbocycles. The Morgan fingerprint density at radius 3 is 2.67 bits per heavy atom. The van der Waals surface area contributed by atoms with Crippen LogP contribution >= 0.6 is 0 Å². The first-order valence-electron chi connectivity index (χ1n) is 6.58. The minimum atomic E-state index is -3.17. The summed E-state index contributed by atoms with van der Waals surface area (Å²) < 4.78 is 30.9. The number of hydrogen-bond donors (Lipinski definition) is 1. The lowest BCUT2D eigenvalue weighted by molar-refractivity contribution is 0.162. The summed E-state index contributed by atoms with van der Waals surface area (Å²) in [6.07, 6.45) is 0.869. The quantitative estimate of drug-likeness (QED) is 0.625. The van der Waals surface area contributed by atoms with Gasteiger partial charge in [-0.1, -0.05) is 0 Å². The second-order valence-corrected chi connectivity index (χ2v) is 6.48. The van der Waals surface area contributed by atoms with Crippen molar-refractivity contribution in [1.82, 2.24) is 9.21 Å². The van der Waals surface area contributed by atoms with Gasteiger partial charge >= 0.3 is 0 Å². The van der Waals surface area contributed by atoms with Gasteiger partial charge in [0.15, 0.2) is 0 Å². The number of rotatable bonds is 7. The van der Waals surface area contributed by atoms with Gasteiger partial charge in [-0.2, -0.15) is 0 Å². The van der Waals surface area contributed by atoms with E-state index in [1.165, 1.54) is 0 Å². The van der Waals surface area contributed by atoms with Crippen LogP contribution in [0, 0.1) is 0 Å². The fraction of sp³-hybridized carbons (Fsp3) is 1.00. The molecule has 0 spiro atoms. The average molecular weight is 279 g/mol. The number of hydrogen-bond acceptors (Lipinski definition) is 5. The van der Waals surface area contributed by atoms with Crippen molar-refractivity contribution in [3.63, 3.8) is 0 Å². The Labute approximate surface area is 110 Å². The van der Waals surface area contributed by atoms with Crippen molar-refractivity contribution in [3.05, 3.63) is 0 Å². The first-order chi connectivity index (χ1) is 8.60. The molecule has 0 radical (unpaired) electrons. The molecule has 0 aliphatic carbocycles. The molecule has 0 atom stereocenters. The van der Waals surface area contributed by atoms with Crippen LogP contribution in [0.4, 0.5) is 0 Å². The van der Waals surface area contributed by atoms with E-state index in [2.05, 4.69) is 4.90 Å². The topological polar surface area (TPSA) is 75.9 Å². The summed E-state index contributed by atoms with van der Waals surface area (Å²) in [4.78, 5) is 2.22. The standard InChI is InChI=1S/C11H25N3O3S/c1-2-17-10-11-18(15,16)14-6-3-5-13(7-4-12)8-9-14/h2-12H2,1H3. The van der Waals surface area contributed by atoms with Crippen molar-refractivity contribution in [1.29, 1.82) is 0 Å². The third-order valence-electron chi connectivity index (χ3n) is 3.08. The Hall–Kier alpha value is -0.210. The number of sulfonamides is 1. The van der Waals surface area contributed by atoms with Gasteiger partial charge < -0.3 is 15.4 Å². The van der Waals surface area contributed by atoms with Gasteiger partial charge in [0.1, 0.15) is 0 Å². The van der Waals surface area contributed by atoms with Crippen molar-refractivity contribution in [2.24, 2.45) is 5.73 Å². The van der Waals surface area contributed by atoms with Crippen molar-refractivity contribution in [2.75, 3.05) is 58.2 Å². The van der Waals surface area contributed by atoms with E-state index in [4.69, 9.17) is 10.5 Å². The monoisotopic (exact) mass is 279 g/mol. The lowest BCUT2D eigenvalue weighted by Crippen LogP contribution is -2.38. The van der Waals surface area contributed by atoms with Crippen molar-refractivity contribution in [2.45, 2.75) is 13.3 Å². The van der Waals surface area contributed by atoms with Crippen LogP contribution < -0.4 is 5.73 Å². The Bertz CT molecular complexity index is 321. The summed E-state index contributed by atoms with van der Waals surface area (Å²) >= 11 is 0. The van der Waals surface area contributed by atoms with Gasteiger partial charge in [-0.3, -0.25) is 0 Å². The van der Waals surface area contributed by atoms with Gasteiger partial charge in [0.2, 0.25) is 10.0 Å². The predicted molar refractivity (Wildman–Crippen MR) is 72.0 cm³/mol. The van der Waals surface area contributed by atoms with E-state index in [9.17, 15) is 8.42 Å². The lowest BCUT2D eigenvalue weighted by Gasteiger charge is -2.21. The van der Waals surface area contributed by atoms with Gasteiger partial charge in [-0.15, -0.1) is 0 Å². The van der Waals surface area contributed by atoms with E-state index < -0.39 is 10.0 Å². The molecule has 1 aliphatic heterocycles. The highest BCUT2D eigenvalue weighted by molar-refractivity contribution is 7.89. The third-order valence-corrected chi connectivity index (χ3v) is 4.91. The summed E-state index contributed by atoms with van der Waals surface area (Å²) in [6.45, 7) is 7.03.